The Bertz CT molecular complexity index is 1890. The predicted octanol–water partition coefficient (Wildman–Crippen LogP) is 6.56. The van der Waals surface area contributed by atoms with E-state index in [0.717, 1.165) is 5.56 Å². The smallest absolute Gasteiger partial charge is 0.305 e. The van der Waals surface area contributed by atoms with E-state index in [1.165, 1.54) is 28.5 Å². The monoisotopic (exact) mass is 583 g/mol. The van der Waals surface area contributed by atoms with Gasteiger partial charge in [-0.2, -0.15) is 0 Å². The number of hydrogen-bond acceptors (Lipinski definition) is 7. The lowest BCUT2D eigenvalue weighted by molar-refractivity contribution is 0.262. The number of anilines is 2. The number of benzene rings is 2. The van der Waals surface area contributed by atoms with E-state index in [9.17, 15) is 9.59 Å². The van der Waals surface area contributed by atoms with E-state index < -0.39 is 11.8 Å². The van der Waals surface area contributed by atoms with Crippen LogP contribution in [0, 0.1) is 12.7 Å². The minimum absolute atomic E-state index is 0.0854. The number of nitrogens with zero attached hydrogens (tertiary/aromatic N) is 5. The summed E-state index contributed by atoms with van der Waals surface area (Å²) in [5.74, 6) is -0.0202. The summed E-state index contributed by atoms with van der Waals surface area (Å²) in [6.07, 6.45) is 5.06. The molecule has 5 rings (SSSR count). The zero-order valence-electron chi connectivity index (χ0n) is 24.1. The first-order valence-corrected chi connectivity index (χ1v) is 14.4. The quantitative estimate of drug-likeness (QED) is 0.178. The Hall–Kier alpha value is -4.64. The van der Waals surface area contributed by atoms with E-state index in [2.05, 4.69) is 25.6 Å². The third kappa shape index (κ3) is 5.73. The molecule has 2 N–H and O–H groups in total. The standard InChI is InChI=1S/C31H30FN7O2S/c1-17-12-22(32)23(14-20(17)21-13-19-15-34-30(42-6)38-26(19)39(5)27(21)40)35-29(41)36-24-16-33-28(31(2,3)4)37-25(24)18-10-8-7-9-11-18/h7-16H,1-6H3,(H2,35,36,41). The highest BCUT2D eigenvalue weighted by Gasteiger charge is 2.21. The number of rotatable bonds is 5. The first-order chi connectivity index (χ1) is 20.0. The van der Waals surface area contributed by atoms with Crippen molar-refractivity contribution in [3.8, 4) is 22.4 Å². The number of amides is 2. The van der Waals surface area contributed by atoms with Crippen molar-refractivity contribution in [2.24, 2.45) is 7.05 Å². The molecule has 2 amide bonds. The molecule has 0 saturated heterocycles. The number of aromatic nitrogens is 5. The molecule has 42 heavy (non-hydrogen) atoms. The average Bonchev–Trinajstić information content (AvgIpc) is 2.96. The molecule has 0 bridgehead atoms. The summed E-state index contributed by atoms with van der Waals surface area (Å²) >= 11 is 1.38. The molecule has 0 unspecified atom stereocenters. The molecule has 2 aromatic carbocycles. The lowest BCUT2D eigenvalue weighted by Gasteiger charge is -2.19. The summed E-state index contributed by atoms with van der Waals surface area (Å²) in [5, 5.41) is 6.57. The molecule has 3 aromatic heterocycles. The van der Waals surface area contributed by atoms with Gasteiger partial charge >= 0.3 is 6.03 Å². The molecule has 0 fully saturated rings. The van der Waals surface area contributed by atoms with Crippen molar-refractivity contribution in [3.63, 3.8) is 0 Å². The topological polar surface area (TPSA) is 115 Å². The van der Waals surface area contributed by atoms with Crippen molar-refractivity contribution in [2.75, 3.05) is 16.9 Å². The molecule has 0 aliphatic heterocycles. The van der Waals surface area contributed by atoms with Gasteiger partial charge in [0.1, 0.15) is 17.3 Å². The molecule has 3 heterocycles. The number of hydrogen-bond donors (Lipinski definition) is 2. The zero-order chi connectivity index (χ0) is 30.2. The van der Waals surface area contributed by atoms with Crippen LogP contribution < -0.4 is 16.2 Å². The molecule has 0 saturated carbocycles. The molecule has 0 atom stereocenters. The molecule has 0 aliphatic rings. The van der Waals surface area contributed by atoms with Crippen LogP contribution in [-0.2, 0) is 12.5 Å². The van der Waals surface area contributed by atoms with Gasteiger partial charge in [0.15, 0.2) is 5.16 Å². The van der Waals surface area contributed by atoms with Crippen LogP contribution >= 0.6 is 11.8 Å². The van der Waals surface area contributed by atoms with Crippen LogP contribution in [0.15, 0.2) is 70.9 Å². The normalized spacial score (nSPS) is 11.5. The van der Waals surface area contributed by atoms with Gasteiger partial charge in [-0.25, -0.2) is 29.1 Å². The maximum Gasteiger partial charge on any atom is 0.323 e. The van der Waals surface area contributed by atoms with Gasteiger partial charge in [-0.1, -0.05) is 62.9 Å². The van der Waals surface area contributed by atoms with Crippen LogP contribution in [0.25, 0.3) is 33.4 Å². The SMILES string of the molecule is CSc1ncc2cc(-c3cc(NC(=O)Nc4cnc(C(C)(C)C)nc4-c4ccccc4)c(F)cc3C)c(=O)n(C)c2n1. The van der Waals surface area contributed by atoms with Crippen LogP contribution in [0.2, 0.25) is 0 Å². The van der Waals surface area contributed by atoms with Gasteiger partial charge < -0.3 is 10.6 Å². The average molecular weight is 584 g/mol. The van der Waals surface area contributed by atoms with Gasteiger partial charge in [-0.05, 0) is 42.5 Å². The summed E-state index contributed by atoms with van der Waals surface area (Å²) in [7, 11) is 1.63. The van der Waals surface area contributed by atoms with Gasteiger partial charge in [0.25, 0.3) is 5.56 Å². The second-order valence-corrected chi connectivity index (χ2v) is 11.6. The van der Waals surface area contributed by atoms with Crippen molar-refractivity contribution in [2.45, 2.75) is 38.3 Å². The van der Waals surface area contributed by atoms with E-state index >= 15 is 4.39 Å². The highest BCUT2D eigenvalue weighted by atomic mass is 32.2. The van der Waals surface area contributed by atoms with Crippen LogP contribution in [0.5, 0.6) is 0 Å². The summed E-state index contributed by atoms with van der Waals surface area (Å²) < 4.78 is 16.6. The van der Waals surface area contributed by atoms with Gasteiger partial charge in [0.05, 0.1) is 23.3 Å². The number of nitrogens with one attached hydrogen (secondary N) is 2. The van der Waals surface area contributed by atoms with Crippen molar-refractivity contribution >= 4 is 40.2 Å². The maximum absolute atomic E-state index is 15.1. The molecular weight excluding hydrogens is 553 g/mol. The minimum atomic E-state index is -0.683. The summed E-state index contributed by atoms with van der Waals surface area (Å²) in [6, 6.07) is 13.2. The Morgan fingerprint density at radius 3 is 2.36 bits per heavy atom. The van der Waals surface area contributed by atoms with Crippen LogP contribution in [-0.4, -0.2) is 36.8 Å². The molecule has 11 heteroatoms. The van der Waals surface area contributed by atoms with Crippen molar-refractivity contribution in [1.82, 2.24) is 24.5 Å². The number of aryl methyl sites for hydroxylation is 2. The molecule has 214 valence electrons. The van der Waals surface area contributed by atoms with Gasteiger partial charge in [0.2, 0.25) is 0 Å². The van der Waals surface area contributed by atoms with Gasteiger partial charge in [-0.3, -0.25) is 9.36 Å². The third-order valence-corrected chi connectivity index (χ3v) is 7.28. The van der Waals surface area contributed by atoms with Crippen LogP contribution in [0.4, 0.5) is 20.6 Å². The zero-order valence-corrected chi connectivity index (χ0v) is 24.9. The fourth-order valence-electron chi connectivity index (χ4n) is 4.51. The van der Waals surface area contributed by atoms with E-state index in [0.29, 0.717) is 50.1 Å². The summed E-state index contributed by atoms with van der Waals surface area (Å²) in [5.41, 5.74) is 2.85. The van der Waals surface area contributed by atoms with E-state index in [-0.39, 0.29) is 16.7 Å². The summed E-state index contributed by atoms with van der Waals surface area (Å²) in [6.45, 7) is 7.73. The van der Waals surface area contributed by atoms with Crippen molar-refractivity contribution < 1.29 is 9.18 Å². The number of carbonyl (C=O) groups excluding carboxylic acids is 1. The van der Waals surface area contributed by atoms with Crippen molar-refractivity contribution in [1.29, 1.82) is 0 Å². The van der Waals surface area contributed by atoms with Crippen molar-refractivity contribution in [3.05, 3.63) is 88.5 Å². The largest absolute Gasteiger partial charge is 0.323 e. The molecule has 9 nitrogen and oxygen atoms in total. The van der Waals surface area contributed by atoms with E-state index in [4.69, 9.17) is 4.98 Å². The van der Waals surface area contributed by atoms with Crippen LogP contribution in [0.1, 0.15) is 32.2 Å². The number of thioether (sulfide) groups is 1. The van der Waals surface area contributed by atoms with E-state index in [1.54, 1.807) is 32.4 Å². The molecular formula is C31H30FN7O2S. The summed E-state index contributed by atoms with van der Waals surface area (Å²) in [4.78, 5) is 44.5. The predicted molar refractivity (Wildman–Crippen MR) is 166 cm³/mol. The molecule has 0 spiro atoms. The minimum Gasteiger partial charge on any atom is -0.305 e. The van der Waals surface area contributed by atoms with Gasteiger partial charge in [-0.15, -0.1) is 0 Å². The number of carbonyl (C=O) groups is 1. The number of urea groups is 1. The fraction of sp³-hybridized carbons (Fsp3) is 0.226. The third-order valence-electron chi connectivity index (χ3n) is 6.72. The van der Waals surface area contributed by atoms with Gasteiger partial charge in [0, 0.05) is 35.2 Å². The maximum atomic E-state index is 15.1. The van der Waals surface area contributed by atoms with Crippen LogP contribution in [0.3, 0.4) is 0 Å². The highest BCUT2D eigenvalue weighted by molar-refractivity contribution is 7.98. The highest BCUT2D eigenvalue weighted by Crippen LogP contribution is 2.31. The first-order valence-electron chi connectivity index (χ1n) is 13.2. The number of pyridine rings is 1. The second kappa shape index (κ2) is 11.3. The molecule has 0 aliphatic carbocycles. The Labute approximate surface area is 246 Å². The van der Waals surface area contributed by atoms with E-state index in [1.807, 2.05) is 57.4 Å². The Morgan fingerprint density at radius 1 is 0.952 bits per heavy atom. The second-order valence-electron chi connectivity index (χ2n) is 10.9. The Balaban J connectivity index is 1.49. The molecule has 0 radical (unpaired) electrons. The number of halogens is 1. The molecule has 5 aromatic rings. The fourth-order valence-corrected chi connectivity index (χ4v) is 4.84. The Kier molecular flexibility index (Phi) is 7.79. The number of fused-ring (bicyclic) bond motifs is 1. The lowest BCUT2D eigenvalue weighted by Crippen LogP contribution is -2.23. The lowest BCUT2D eigenvalue weighted by atomic mass is 9.95. The Morgan fingerprint density at radius 2 is 1.67 bits per heavy atom. The first kappa shape index (κ1) is 28.9.